The van der Waals surface area contributed by atoms with Gasteiger partial charge in [-0.15, -0.1) is 0 Å². The normalized spacial score (nSPS) is 14.0. The molecule has 0 aliphatic rings. The van der Waals surface area contributed by atoms with E-state index in [0.717, 1.165) is 31.7 Å². The highest BCUT2D eigenvalue weighted by Gasteiger charge is 2.19. The average Bonchev–Trinajstić information content (AvgIpc) is 2.51. The highest BCUT2D eigenvalue weighted by molar-refractivity contribution is 5.94. The van der Waals surface area contributed by atoms with Crippen LogP contribution in [0.1, 0.15) is 39.7 Å². The van der Waals surface area contributed by atoms with Gasteiger partial charge in [0.1, 0.15) is 0 Å². The van der Waals surface area contributed by atoms with E-state index >= 15 is 0 Å². The number of carbonyl (C=O) groups is 1. The van der Waals surface area contributed by atoms with Crippen LogP contribution in [-0.2, 0) is 11.3 Å². The second-order valence-corrected chi connectivity index (χ2v) is 5.56. The lowest BCUT2D eigenvalue weighted by Gasteiger charge is -2.20. The van der Waals surface area contributed by atoms with Crippen molar-refractivity contribution in [1.82, 2.24) is 4.90 Å². The maximum atomic E-state index is 12.1. The standard InChI is InChI=1S/C17H29N3O/c1-5-13(4)16(18)17(21)19-15-10-8-9-14(11-15)12-20(6-2)7-3/h8-11,13,16H,5-7,12,18H2,1-4H3,(H,19,21). The first-order valence-corrected chi connectivity index (χ1v) is 7.89. The molecule has 4 heteroatoms. The fourth-order valence-corrected chi connectivity index (χ4v) is 2.19. The van der Waals surface area contributed by atoms with E-state index in [0.29, 0.717) is 0 Å². The maximum Gasteiger partial charge on any atom is 0.241 e. The van der Waals surface area contributed by atoms with Gasteiger partial charge in [-0.05, 0) is 36.7 Å². The molecule has 0 aliphatic carbocycles. The molecule has 4 nitrogen and oxygen atoms in total. The number of nitrogens with two attached hydrogens (primary N) is 1. The summed E-state index contributed by atoms with van der Waals surface area (Å²) in [5, 5.41) is 2.92. The molecule has 0 aliphatic heterocycles. The molecule has 0 saturated carbocycles. The smallest absolute Gasteiger partial charge is 0.241 e. The molecular weight excluding hydrogens is 262 g/mol. The number of nitrogens with one attached hydrogen (secondary N) is 1. The number of nitrogens with zero attached hydrogens (tertiary/aromatic N) is 1. The zero-order valence-corrected chi connectivity index (χ0v) is 13.7. The van der Waals surface area contributed by atoms with Crippen LogP contribution in [0, 0.1) is 5.92 Å². The molecular formula is C17H29N3O. The molecule has 2 unspecified atom stereocenters. The highest BCUT2D eigenvalue weighted by atomic mass is 16.2. The molecule has 0 spiro atoms. The minimum absolute atomic E-state index is 0.107. The van der Waals surface area contributed by atoms with E-state index in [1.54, 1.807) is 0 Å². The van der Waals surface area contributed by atoms with Gasteiger partial charge in [-0.1, -0.05) is 46.2 Å². The SMILES string of the molecule is CCC(C)C(N)C(=O)Nc1cccc(CN(CC)CC)c1. The Bertz CT molecular complexity index is 443. The van der Waals surface area contributed by atoms with Crippen molar-refractivity contribution >= 4 is 11.6 Å². The molecule has 1 rings (SSSR count). The van der Waals surface area contributed by atoms with Crippen LogP contribution in [0.15, 0.2) is 24.3 Å². The van der Waals surface area contributed by atoms with Crippen LogP contribution in [0.2, 0.25) is 0 Å². The third-order valence-corrected chi connectivity index (χ3v) is 4.05. The van der Waals surface area contributed by atoms with Crippen LogP contribution in [-0.4, -0.2) is 29.9 Å². The Morgan fingerprint density at radius 2 is 1.95 bits per heavy atom. The van der Waals surface area contributed by atoms with Crippen molar-refractivity contribution in [2.75, 3.05) is 18.4 Å². The summed E-state index contributed by atoms with van der Waals surface area (Å²) >= 11 is 0. The van der Waals surface area contributed by atoms with Crippen LogP contribution in [0.25, 0.3) is 0 Å². The van der Waals surface area contributed by atoms with Crippen molar-refractivity contribution in [2.45, 2.75) is 46.7 Å². The maximum absolute atomic E-state index is 12.1. The molecule has 21 heavy (non-hydrogen) atoms. The Morgan fingerprint density at radius 1 is 1.29 bits per heavy atom. The largest absolute Gasteiger partial charge is 0.325 e. The second-order valence-electron chi connectivity index (χ2n) is 5.56. The predicted molar refractivity (Wildman–Crippen MR) is 89.1 cm³/mol. The Labute approximate surface area is 128 Å². The van der Waals surface area contributed by atoms with Crippen molar-refractivity contribution in [3.05, 3.63) is 29.8 Å². The molecule has 1 amide bonds. The molecule has 0 aromatic heterocycles. The van der Waals surface area contributed by atoms with Crippen molar-refractivity contribution in [1.29, 1.82) is 0 Å². The summed E-state index contributed by atoms with van der Waals surface area (Å²) in [7, 11) is 0. The fraction of sp³-hybridized carbons (Fsp3) is 0.588. The minimum atomic E-state index is -0.457. The molecule has 1 aromatic carbocycles. The minimum Gasteiger partial charge on any atom is -0.325 e. The first kappa shape index (κ1) is 17.7. The lowest BCUT2D eigenvalue weighted by atomic mass is 9.99. The van der Waals surface area contributed by atoms with E-state index in [1.165, 1.54) is 5.56 Å². The van der Waals surface area contributed by atoms with Gasteiger partial charge in [0.15, 0.2) is 0 Å². The van der Waals surface area contributed by atoms with E-state index < -0.39 is 6.04 Å². The summed E-state index contributed by atoms with van der Waals surface area (Å²) in [4.78, 5) is 14.5. The van der Waals surface area contributed by atoms with Gasteiger partial charge in [-0.25, -0.2) is 0 Å². The van der Waals surface area contributed by atoms with E-state index in [9.17, 15) is 4.79 Å². The Hall–Kier alpha value is -1.39. The zero-order valence-electron chi connectivity index (χ0n) is 13.7. The van der Waals surface area contributed by atoms with Crippen LogP contribution in [0.3, 0.4) is 0 Å². The van der Waals surface area contributed by atoms with Crippen LogP contribution < -0.4 is 11.1 Å². The van der Waals surface area contributed by atoms with Crippen molar-refractivity contribution in [3.8, 4) is 0 Å². The van der Waals surface area contributed by atoms with Gasteiger partial charge >= 0.3 is 0 Å². The van der Waals surface area contributed by atoms with E-state index in [-0.39, 0.29) is 11.8 Å². The van der Waals surface area contributed by atoms with Crippen LogP contribution in [0.4, 0.5) is 5.69 Å². The number of hydrogen-bond donors (Lipinski definition) is 2. The van der Waals surface area contributed by atoms with Gasteiger partial charge in [0.2, 0.25) is 5.91 Å². The molecule has 3 N–H and O–H groups in total. The van der Waals surface area contributed by atoms with Crippen molar-refractivity contribution in [2.24, 2.45) is 11.7 Å². The number of benzene rings is 1. The molecule has 0 saturated heterocycles. The molecule has 0 heterocycles. The Morgan fingerprint density at radius 3 is 2.52 bits per heavy atom. The van der Waals surface area contributed by atoms with Gasteiger partial charge < -0.3 is 11.1 Å². The van der Waals surface area contributed by atoms with Gasteiger partial charge in [-0.2, -0.15) is 0 Å². The third-order valence-electron chi connectivity index (χ3n) is 4.05. The highest BCUT2D eigenvalue weighted by Crippen LogP contribution is 2.14. The van der Waals surface area contributed by atoms with E-state index in [2.05, 4.69) is 30.1 Å². The fourth-order valence-electron chi connectivity index (χ4n) is 2.19. The van der Waals surface area contributed by atoms with Gasteiger partial charge in [-0.3, -0.25) is 9.69 Å². The Balaban J connectivity index is 2.70. The number of rotatable bonds is 8. The number of amides is 1. The summed E-state index contributed by atoms with van der Waals surface area (Å²) in [5.74, 6) is 0.0770. The predicted octanol–water partition coefficient (Wildman–Crippen LogP) is 2.84. The van der Waals surface area contributed by atoms with Gasteiger partial charge in [0.05, 0.1) is 6.04 Å². The lowest BCUT2D eigenvalue weighted by Crippen LogP contribution is -2.40. The molecule has 118 valence electrons. The lowest BCUT2D eigenvalue weighted by molar-refractivity contribution is -0.118. The first-order chi connectivity index (χ1) is 10.0. The summed E-state index contributed by atoms with van der Waals surface area (Å²) in [6.07, 6.45) is 0.899. The van der Waals surface area contributed by atoms with Crippen LogP contribution in [0.5, 0.6) is 0 Å². The summed E-state index contributed by atoms with van der Waals surface area (Å²) in [6.45, 7) is 11.3. The summed E-state index contributed by atoms with van der Waals surface area (Å²) in [6, 6.07) is 7.54. The molecule has 2 atom stereocenters. The van der Waals surface area contributed by atoms with E-state index in [1.807, 2.05) is 32.0 Å². The average molecular weight is 291 g/mol. The molecule has 0 bridgehead atoms. The summed E-state index contributed by atoms with van der Waals surface area (Å²) < 4.78 is 0. The summed E-state index contributed by atoms with van der Waals surface area (Å²) in [5.41, 5.74) is 7.99. The second kappa shape index (κ2) is 8.80. The molecule has 0 fully saturated rings. The third kappa shape index (κ3) is 5.48. The number of anilines is 1. The number of hydrogen-bond acceptors (Lipinski definition) is 3. The topological polar surface area (TPSA) is 58.4 Å². The van der Waals surface area contributed by atoms with Gasteiger partial charge in [0, 0.05) is 12.2 Å². The Kier molecular flexibility index (Phi) is 7.40. The number of carbonyl (C=O) groups excluding carboxylic acids is 1. The molecule has 1 aromatic rings. The van der Waals surface area contributed by atoms with Crippen molar-refractivity contribution in [3.63, 3.8) is 0 Å². The van der Waals surface area contributed by atoms with E-state index in [4.69, 9.17) is 5.73 Å². The van der Waals surface area contributed by atoms with Crippen molar-refractivity contribution < 1.29 is 4.79 Å². The van der Waals surface area contributed by atoms with Gasteiger partial charge in [0.25, 0.3) is 0 Å². The quantitative estimate of drug-likeness (QED) is 0.774. The molecule has 0 radical (unpaired) electrons. The zero-order chi connectivity index (χ0) is 15.8. The first-order valence-electron chi connectivity index (χ1n) is 7.89. The van der Waals surface area contributed by atoms with Crippen LogP contribution >= 0.6 is 0 Å². The monoisotopic (exact) mass is 291 g/mol.